The van der Waals surface area contributed by atoms with Crippen LogP contribution in [0.1, 0.15) is 155 Å². The smallest absolute Gasteiger partial charge is 0.457 e. The zero-order valence-electron chi connectivity index (χ0n) is 31.6. The number of rotatable bonds is 37. The predicted molar refractivity (Wildman–Crippen MR) is 205 cm³/mol. The van der Waals surface area contributed by atoms with Crippen molar-refractivity contribution < 1.29 is 43.0 Å². The van der Waals surface area contributed by atoms with Crippen molar-refractivity contribution in [1.29, 1.82) is 0 Å². The highest BCUT2D eigenvalue weighted by Gasteiger charge is 2.26. The first-order valence-corrected chi connectivity index (χ1v) is 21.1. The molecule has 3 N–H and O–H groups in total. The highest BCUT2D eigenvalue weighted by Crippen LogP contribution is 2.43. The van der Waals surface area contributed by atoms with E-state index in [4.69, 9.17) is 23.6 Å². The standard InChI is InChI=1S/C40H73O9P/c1-3-5-7-9-11-13-15-17-18-19-21-23-25-27-29-31-33-46-36-39(37-48-50(44,45)47-35-38(42)34-41)49-40(43)32-30-28-26-24-22-20-16-14-12-10-8-6-4-2/h5,7,11,13-14,16-18,38-39,41-42H,3-4,6,8-10,12,15,19-37H2,1-2H3,(H,44,45)/b7-5-,13-11-,16-14-,18-17-. The molecular formula is C40H73O9P. The summed E-state index contributed by atoms with van der Waals surface area (Å²) in [6.45, 7) is 3.33. The number of phosphoric ester groups is 1. The van der Waals surface area contributed by atoms with Crippen LogP contribution in [-0.4, -0.2) is 66.3 Å². The second kappa shape index (κ2) is 37.2. The third-order valence-corrected chi connectivity index (χ3v) is 8.95. The van der Waals surface area contributed by atoms with Gasteiger partial charge in [-0.1, -0.05) is 127 Å². The largest absolute Gasteiger partial charge is 0.472 e. The number of carbonyl (C=O) groups excluding carboxylic acids is 1. The van der Waals surface area contributed by atoms with Crippen LogP contribution < -0.4 is 0 Å². The molecule has 0 aromatic carbocycles. The highest BCUT2D eigenvalue weighted by molar-refractivity contribution is 7.47. The maximum Gasteiger partial charge on any atom is 0.472 e. The lowest BCUT2D eigenvalue weighted by Gasteiger charge is -2.20. The quantitative estimate of drug-likeness (QED) is 0.0247. The molecule has 0 spiro atoms. The molecule has 0 aliphatic rings. The molecule has 0 saturated carbocycles. The molecule has 3 atom stereocenters. The van der Waals surface area contributed by atoms with Gasteiger partial charge in [0.2, 0.25) is 0 Å². The second-order valence-corrected chi connectivity index (χ2v) is 14.4. The first-order valence-electron chi connectivity index (χ1n) is 19.6. The summed E-state index contributed by atoms with van der Waals surface area (Å²) < 4.78 is 33.2. The van der Waals surface area contributed by atoms with E-state index in [0.717, 1.165) is 77.0 Å². The summed E-state index contributed by atoms with van der Waals surface area (Å²) in [5.41, 5.74) is 0. The molecule has 0 radical (unpaired) electrons. The van der Waals surface area contributed by atoms with Crippen LogP contribution >= 0.6 is 7.82 Å². The van der Waals surface area contributed by atoms with Crippen molar-refractivity contribution in [1.82, 2.24) is 0 Å². The average molecular weight is 729 g/mol. The molecule has 0 aromatic rings. The number of aliphatic hydroxyl groups excluding tert-OH is 2. The van der Waals surface area contributed by atoms with Gasteiger partial charge in [-0.05, 0) is 70.6 Å². The molecule has 0 amide bonds. The summed E-state index contributed by atoms with van der Waals surface area (Å²) in [6.07, 6.45) is 39.2. The van der Waals surface area contributed by atoms with E-state index in [1.165, 1.54) is 51.4 Å². The van der Waals surface area contributed by atoms with Crippen LogP contribution in [-0.2, 0) is 27.9 Å². The highest BCUT2D eigenvalue weighted by atomic mass is 31.2. The van der Waals surface area contributed by atoms with Gasteiger partial charge in [0.15, 0.2) is 0 Å². The van der Waals surface area contributed by atoms with Crippen LogP contribution in [0.4, 0.5) is 0 Å². The van der Waals surface area contributed by atoms with E-state index >= 15 is 0 Å². The minimum absolute atomic E-state index is 0.0358. The molecule has 0 aliphatic carbocycles. The van der Waals surface area contributed by atoms with Gasteiger partial charge in [0.1, 0.15) is 12.2 Å². The van der Waals surface area contributed by atoms with Crippen molar-refractivity contribution in [2.24, 2.45) is 0 Å². The number of phosphoric acid groups is 1. The lowest BCUT2D eigenvalue weighted by Crippen LogP contribution is -2.29. The molecule has 3 unspecified atom stereocenters. The molecule has 0 rings (SSSR count). The number of hydrogen-bond acceptors (Lipinski definition) is 8. The zero-order chi connectivity index (χ0) is 36.8. The number of hydrogen-bond donors (Lipinski definition) is 3. The summed E-state index contributed by atoms with van der Waals surface area (Å²) in [4.78, 5) is 22.5. The Hall–Kier alpha value is -1.58. The predicted octanol–water partition coefficient (Wildman–Crippen LogP) is 10.2. The van der Waals surface area contributed by atoms with Gasteiger partial charge in [-0.15, -0.1) is 0 Å². The molecule has 292 valence electrons. The van der Waals surface area contributed by atoms with Crippen molar-refractivity contribution in [2.75, 3.05) is 33.0 Å². The third kappa shape index (κ3) is 36.2. The van der Waals surface area contributed by atoms with Crippen LogP contribution in [0.3, 0.4) is 0 Å². The topological polar surface area (TPSA) is 132 Å². The number of aliphatic hydroxyl groups is 2. The van der Waals surface area contributed by atoms with E-state index in [9.17, 15) is 19.4 Å². The van der Waals surface area contributed by atoms with E-state index in [1.54, 1.807) is 0 Å². The van der Waals surface area contributed by atoms with Gasteiger partial charge >= 0.3 is 13.8 Å². The Balaban J connectivity index is 4.26. The molecule has 0 fully saturated rings. The fourth-order valence-corrected chi connectivity index (χ4v) is 5.80. The van der Waals surface area contributed by atoms with Gasteiger partial charge in [0.25, 0.3) is 0 Å². The normalized spacial score (nSPS) is 14.7. The van der Waals surface area contributed by atoms with Gasteiger partial charge in [-0.25, -0.2) is 4.57 Å². The molecular weight excluding hydrogens is 655 g/mol. The number of carbonyl (C=O) groups is 1. The summed E-state index contributed by atoms with van der Waals surface area (Å²) in [5, 5.41) is 18.3. The molecule has 0 heterocycles. The summed E-state index contributed by atoms with van der Waals surface area (Å²) in [5.74, 6) is -0.399. The van der Waals surface area contributed by atoms with Gasteiger partial charge in [-0.3, -0.25) is 13.8 Å². The van der Waals surface area contributed by atoms with Gasteiger partial charge in [0, 0.05) is 13.0 Å². The summed E-state index contributed by atoms with van der Waals surface area (Å²) >= 11 is 0. The number of ether oxygens (including phenoxy) is 2. The molecule has 0 bridgehead atoms. The molecule has 0 aromatic heterocycles. The molecule has 0 saturated heterocycles. The van der Waals surface area contributed by atoms with Crippen molar-refractivity contribution in [2.45, 2.75) is 167 Å². The monoisotopic (exact) mass is 728 g/mol. The van der Waals surface area contributed by atoms with E-state index in [0.29, 0.717) is 13.0 Å². The molecule has 9 nitrogen and oxygen atoms in total. The van der Waals surface area contributed by atoms with Crippen molar-refractivity contribution in [3.05, 3.63) is 48.6 Å². The molecule has 0 aliphatic heterocycles. The van der Waals surface area contributed by atoms with Crippen molar-refractivity contribution in [3.8, 4) is 0 Å². The first kappa shape index (κ1) is 48.4. The van der Waals surface area contributed by atoms with Crippen molar-refractivity contribution in [3.63, 3.8) is 0 Å². The van der Waals surface area contributed by atoms with Crippen molar-refractivity contribution >= 4 is 13.8 Å². The summed E-state index contributed by atoms with van der Waals surface area (Å²) in [7, 11) is -4.52. The summed E-state index contributed by atoms with van der Waals surface area (Å²) in [6, 6.07) is 0. The second-order valence-electron chi connectivity index (χ2n) is 12.9. The number of allylic oxidation sites excluding steroid dienone is 8. The Bertz CT molecular complexity index is 919. The Morgan fingerprint density at radius 1 is 0.640 bits per heavy atom. The number of unbranched alkanes of at least 4 members (excludes halogenated alkanes) is 15. The lowest BCUT2D eigenvalue weighted by atomic mass is 10.1. The minimum Gasteiger partial charge on any atom is -0.457 e. The molecule has 10 heteroatoms. The SMILES string of the molecule is CC/C=C\C/C=C\C/C=C\CCCCCCCCOCC(COP(=O)(O)OCC(O)CO)OC(=O)CCCCCCC/C=C\CCCCCC. The Kier molecular flexibility index (Phi) is 36.0. The van der Waals surface area contributed by atoms with Crippen LogP contribution in [0, 0.1) is 0 Å². The van der Waals surface area contributed by atoms with Gasteiger partial charge < -0.3 is 24.6 Å². The molecule has 50 heavy (non-hydrogen) atoms. The maximum atomic E-state index is 12.5. The lowest BCUT2D eigenvalue weighted by molar-refractivity contribution is -0.154. The Labute approximate surface area is 305 Å². The minimum atomic E-state index is -4.52. The van der Waals surface area contributed by atoms with Crippen LogP contribution in [0.15, 0.2) is 48.6 Å². The number of esters is 1. The third-order valence-electron chi connectivity index (χ3n) is 8.00. The van der Waals surface area contributed by atoms with E-state index in [1.807, 2.05) is 0 Å². The van der Waals surface area contributed by atoms with E-state index in [2.05, 4.69) is 62.5 Å². The van der Waals surface area contributed by atoms with Crippen LogP contribution in [0.2, 0.25) is 0 Å². The fourth-order valence-electron chi connectivity index (χ4n) is 5.01. The van der Waals surface area contributed by atoms with E-state index < -0.39 is 39.2 Å². The fraction of sp³-hybridized carbons (Fsp3) is 0.775. The first-order chi connectivity index (χ1) is 24.3. The maximum absolute atomic E-state index is 12.5. The van der Waals surface area contributed by atoms with Crippen LogP contribution in [0.25, 0.3) is 0 Å². The van der Waals surface area contributed by atoms with Gasteiger partial charge in [0.05, 0.1) is 26.4 Å². The Morgan fingerprint density at radius 3 is 1.74 bits per heavy atom. The Morgan fingerprint density at radius 2 is 1.14 bits per heavy atom. The van der Waals surface area contributed by atoms with E-state index in [-0.39, 0.29) is 19.6 Å². The zero-order valence-corrected chi connectivity index (χ0v) is 32.5. The van der Waals surface area contributed by atoms with Crippen LogP contribution in [0.5, 0.6) is 0 Å². The average Bonchev–Trinajstić information content (AvgIpc) is 3.10. The van der Waals surface area contributed by atoms with Gasteiger partial charge in [-0.2, -0.15) is 0 Å².